The van der Waals surface area contributed by atoms with Gasteiger partial charge in [-0.3, -0.25) is 9.59 Å². The monoisotopic (exact) mass is 482 g/mol. The number of methoxy groups -OCH3 is 1. The number of carbonyl (C=O) groups is 2. The van der Waals surface area contributed by atoms with Crippen molar-refractivity contribution < 1.29 is 14.3 Å². The van der Waals surface area contributed by atoms with Gasteiger partial charge in [-0.05, 0) is 36.8 Å². The highest BCUT2D eigenvalue weighted by Gasteiger charge is 2.26. The van der Waals surface area contributed by atoms with Gasteiger partial charge < -0.3 is 15.0 Å². The Labute approximate surface area is 205 Å². The van der Waals surface area contributed by atoms with Gasteiger partial charge >= 0.3 is 0 Å². The highest BCUT2D eigenvalue weighted by molar-refractivity contribution is 6.30. The van der Waals surface area contributed by atoms with Crippen molar-refractivity contribution in [1.82, 2.24) is 14.7 Å². The molecule has 0 saturated carbocycles. The normalized spacial score (nSPS) is 12.2. The summed E-state index contributed by atoms with van der Waals surface area (Å²) in [5.41, 5.74) is 2.08. The Kier molecular flexibility index (Phi) is 7.99. The Hall–Kier alpha value is -3.32. The van der Waals surface area contributed by atoms with Crippen molar-refractivity contribution in [3.05, 3.63) is 71.9 Å². The molecule has 180 valence electrons. The maximum atomic E-state index is 13.0. The molecule has 1 N–H and O–H groups in total. The summed E-state index contributed by atoms with van der Waals surface area (Å²) in [5, 5.41) is 6.79. The number of rotatable bonds is 8. The van der Waals surface area contributed by atoms with Crippen molar-refractivity contribution in [2.75, 3.05) is 25.5 Å². The van der Waals surface area contributed by atoms with Gasteiger partial charge in [-0.15, -0.1) is 11.6 Å². The number of hydrogen-bond acceptors (Lipinski definition) is 4. The zero-order chi connectivity index (χ0) is 24.9. The lowest BCUT2D eigenvalue weighted by atomic mass is 9.92. The molecule has 34 heavy (non-hydrogen) atoms. The van der Waals surface area contributed by atoms with Gasteiger partial charge in [0.25, 0.3) is 0 Å². The number of benzene rings is 2. The summed E-state index contributed by atoms with van der Waals surface area (Å²) in [4.78, 5) is 27.4. The number of anilines is 1. The van der Waals surface area contributed by atoms with Gasteiger partial charge in [0.05, 0.1) is 25.0 Å². The van der Waals surface area contributed by atoms with Crippen molar-refractivity contribution in [1.29, 1.82) is 0 Å². The first kappa shape index (κ1) is 25.3. The summed E-state index contributed by atoms with van der Waals surface area (Å²) >= 11 is 6.41. The minimum Gasteiger partial charge on any atom is -0.497 e. The van der Waals surface area contributed by atoms with E-state index in [4.69, 9.17) is 21.4 Å². The van der Waals surface area contributed by atoms with Crippen LogP contribution >= 0.6 is 11.6 Å². The minimum absolute atomic E-state index is 0.121. The highest BCUT2D eigenvalue weighted by atomic mass is 35.5. The smallest absolute Gasteiger partial charge is 0.245 e. The molecule has 0 aliphatic heterocycles. The first-order valence-electron chi connectivity index (χ1n) is 11.2. The molecule has 0 spiro atoms. The molecule has 1 unspecified atom stereocenters. The second kappa shape index (κ2) is 10.7. The van der Waals surface area contributed by atoms with Gasteiger partial charge in [-0.2, -0.15) is 5.10 Å². The molecule has 0 aliphatic rings. The fourth-order valence-corrected chi connectivity index (χ4v) is 3.67. The van der Waals surface area contributed by atoms with E-state index in [9.17, 15) is 9.59 Å². The third kappa shape index (κ3) is 5.97. The van der Waals surface area contributed by atoms with Gasteiger partial charge in [0.1, 0.15) is 16.9 Å². The second-order valence-corrected chi connectivity index (χ2v) is 9.38. The van der Waals surface area contributed by atoms with Gasteiger partial charge in [0.15, 0.2) is 0 Å². The van der Waals surface area contributed by atoms with Gasteiger partial charge in [0.2, 0.25) is 11.8 Å². The fourth-order valence-electron chi connectivity index (χ4n) is 3.38. The number of amides is 2. The molecule has 0 bridgehead atoms. The number of ether oxygens (including phenoxy) is 1. The number of nitrogens with one attached hydrogen (secondary N) is 1. The zero-order valence-corrected chi connectivity index (χ0v) is 21.0. The summed E-state index contributed by atoms with van der Waals surface area (Å²) in [6, 6.07) is 18.4. The summed E-state index contributed by atoms with van der Waals surface area (Å²) in [5.74, 6) is 0.601. The van der Waals surface area contributed by atoms with Crippen LogP contribution in [0, 0.1) is 0 Å². The van der Waals surface area contributed by atoms with Crippen molar-refractivity contribution in [3.63, 3.8) is 0 Å². The largest absolute Gasteiger partial charge is 0.497 e. The lowest BCUT2D eigenvalue weighted by molar-refractivity contribution is -0.134. The van der Waals surface area contributed by atoms with E-state index >= 15 is 0 Å². The van der Waals surface area contributed by atoms with Crippen molar-refractivity contribution >= 4 is 29.2 Å². The van der Waals surface area contributed by atoms with E-state index in [1.807, 2.05) is 55.5 Å². The molecule has 2 aromatic carbocycles. The van der Waals surface area contributed by atoms with Crippen LogP contribution in [-0.2, 0) is 15.0 Å². The first-order valence-corrected chi connectivity index (χ1v) is 11.6. The molecule has 1 aromatic heterocycles. The Morgan fingerprint density at radius 1 is 1.12 bits per heavy atom. The van der Waals surface area contributed by atoms with Crippen LogP contribution in [0.5, 0.6) is 5.75 Å². The summed E-state index contributed by atoms with van der Waals surface area (Å²) in [6.07, 6.45) is 0. The van der Waals surface area contributed by atoms with Gasteiger partial charge in [-0.1, -0.05) is 51.1 Å². The van der Waals surface area contributed by atoms with Crippen molar-refractivity contribution in [3.8, 4) is 11.4 Å². The van der Waals surface area contributed by atoms with Crippen LogP contribution in [0.2, 0.25) is 0 Å². The Morgan fingerprint density at radius 3 is 2.32 bits per heavy atom. The van der Waals surface area contributed by atoms with E-state index in [1.54, 1.807) is 23.9 Å². The summed E-state index contributed by atoms with van der Waals surface area (Å²) in [7, 11) is 1.61. The minimum atomic E-state index is -0.855. The third-order valence-electron chi connectivity index (χ3n) is 5.40. The molecule has 1 heterocycles. The number of aromatic nitrogens is 2. The highest BCUT2D eigenvalue weighted by Crippen LogP contribution is 2.27. The third-order valence-corrected chi connectivity index (χ3v) is 5.84. The van der Waals surface area contributed by atoms with Gasteiger partial charge in [0, 0.05) is 18.0 Å². The molecule has 0 radical (unpaired) electrons. The maximum Gasteiger partial charge on any atom is 0.245 e. The number of likely N-dealkylation sites (N-methyl/N-ethyl adjacent to an activating group) is 1. The Bertz CT molecular complexity index is 1120. The van der Waals surface area contributed by atoms with E-state index in [0.717, 1.165) is 17.1 Å². The lowest BCUT2D eigenvalue weighted by Crippen LogP contribution is -2.39. The van der Waals surface area contributed by atoms with Crippen LogP contribution in [0.4, 0.5) is 5.82 Å². The average Bonchev–Trinajstić information content (AvgIpc) is 3.26. The molecule has 7 nitrogen and oxygen atoms in total. The number of halogens is 1. The molecule has 0 aliphatic carbocycles. The van der Waals surface area contributed by atoms with Crippen LogP contribution in [0.3, 0.4) is 0 Å². The standard InChI is InChI=1S/C26H31ClN4O3/c1-6-30(25(33)24(27)18-10-8-7-9-11-18)17-23(32)28-22-16-21(26(2,3)4)29-31(22)19-12-14-20(34-5)15-13-19/h7-16,24H,6,17H2,1-5H3,(H,28,32). The lowest BCUT2D eigenvalue weighted by Gasteiger charge is -2.23. The zero-order valence-electron chi connectivity index (χ0n) is 20.2. The van der Waals surface area contributed by atoms with Gasteiger partial charge in [-0.25, -0.2) is 4.68 Å². The maximum absolute atomic E-state index is 13.0. The van der Waals surface area contributed by atoms with Crippen LogP contribution in [0.15, 0.2) is 60.7 Å². The molecule has 1 atom stereocenters. The molecular formula is C26H31ClN4O3. The van der Waals surface area contributed by atoms with Crippen LogP contribution in [0.25, 0.3) is 5.69 Å². The van der Waals surface area contributed by atoms with E-state index in [2.05, 4.69) is 26.1 Å². The molecule has 0 saturated heterocycles. The van der Waals surface area contributed by atoms with Crippen molar-refractivity contribution in [2.45, 2.75) is 38.5 Å². The van der Waals surface area contributed by atoms with E-state index < -0.39 is 5.38 Å². The van der Waals surface area contributed by atoms with Crippen LogP contribution in [-0.4, -0.2) is 46.7 Å². The number of carbonyl (C=O) groups excluding carboxylic acids is 2. The molecule has 3 aromatic rings. The fraction of sp³-hybridized carbons (Fsp3) is 0.346. The average molecular weight is 483 g/mol. The first-order chi connectivity index (χ1) is 16.1. The predicted octanol–water partition coefficient (Wildman–Crippen LogP) is 4.95. The number of hydrogen-bond donors (Lipinski definition) is 1. The van der Waals surface area contributed by atoms with E-state index in [0.29, 0.717) is 17.9 Å². The molecule has 3 rings (SSSR count). The second-order valence-electron chi connectivity index (χ2n) is 8.95. The molecule has 2 amide bonds. The van der Waals surface area contributed by atoms with Crippen LogP contribution < -0.4 is 10.1 Å². The summed E-state index contributed by atoms with van der Waals surface area (Å²) < 4.78 is 6.93. The molecule has 0 fully saturated rings. The molecular weight excluding hydrogens is 452 g/mol. The van der Waals surface area contributed by atoms with E-state index in [-0.39, 0.29) is 23.8 Å². The van der Waals surface area contributed by atoms with Crippen molar-refractivity contribution in [2.24, 2.45) is 0 Å². The number of nitrogens with zero attached hydrogens (tertiary/aromatic N) is 3. The van der Waals surface area contributed by atoms with Crippen LogP contribution in [0.1, 0.15) is 44.3 Å². The quantitative estimate of drug-likeness (QED) is 0.461. The molecule has 8 heteroatoms. The number of alkyl halides is 1. The Morgan fingerprint density at radius 2 is 1.76 bits per heavy atom. The summed E-state index contributed by atoms with van der Waals surface area (Å²) in [6.45, 7) is 8.22. The topological polar surface area (TPSA) is 76.5 Å². The predicted molar refractivity (Wildman–Crippen MR) is 135 cm³/mol. The SMILES string of the molecule is CCN(CC(=O)Nc1cc(C(C)(C)C)nn1-c1ccc(OC)cc1)C(=O)C(Cl)c1ccccc1. The Balaban J connectivity index is 1.81. The van der Waals surface area contributed by atoms with E-state index in [1.165, 1.54) is 4.90 Å².